The van der Waals surface area contributed by atoms with E-state index in [1.807, 2.05) is 72.8 Å². The summed E-state index contributed by atoms with van der Waals surface area (Å²) in [4.78, 5) is 16.4. The lowest BCUT2D eigenvalue weighted by atomic mass is 9.86. The summed E-state index contributed by atoms with van der Waals surface area (Å²) in [5.74, 6) is 2.61. The molecule has 1 aliphatic heterocycles. The molecule has 43 heavy (non-hydrogen) atoms. The van der Waals surface area contributed by atoms with Gasteiger partial charge in [-0.2, -0.15) is 0 Å². The first-order valence-electron chi connectivity index (χ1n) is 14.2. The first-order valence-corrected chi connectivity index (χ1v) is 14.6. The Morgan fingerprint density at radius 1 is 0.814 bits per heavy atom. The molecule has 1 N–H and O–H groups in total. The third-order valence-corrected chi connectivity index (χ3v) is 8.25. The summed E-state index contributed by atoms with van der Waals surface area (Å²) < 4.78 is 22.5. The summed E-state index contributed by atoms with van der Waals surface area (Å²) in [5, 5.41) is 3.85. The van der Waals surface area contributed by atoms with E-state index in [1.54, 1.807) is 28.4 Å². The zero-order chi connectivity index (χ0) is 30.3. The Morgan fingerprint density at radius 3 is 2.12 bits per heavy atom. The SMILES string of the molecule is COc1ccc(C[C@H]2c3cc(OC)c(OC)cc3CCN2[C@@H](C(=O)NCc2ccc(Cl)cc2)c2ccccc2)cc1OC. The van der Waals surface area contributed by atoms with Crippen molar-refractivity contribution in [3.63, 3.8) is 0 Å². The van der Waals surface area contributed by atoms with E-state index in [1.165, 1.54) is 5.56 Å². The number of hydrogen-bond acceptors (Lipinski definition) is 6. The number of carbonyl (C=O) groups is 1. The second kappa shape index (κ2) is 13.8. The predicted molar refractivity (Wildman–Crippen MR) is 168 cm³/mol. The van der Waals surface area contributed by atoms with E-state index in [0.29, 0.717) is 47.5 Å². The topological polar surface area (TPSA) is 69.3 Å². The third kappa shape index (κ3) is 6.74. The Bertz CT molecular complexity index is 1540. The summed E-state index contributed by atoms with van der Waals surface area (Å²) in [6, 6.07) is 26.9. The van der Waals surface area contributed by atoms with Crippen molar-refractivity contribution in [2.75, 3.05) is 35.0 Å². The molecule has 0 aromatic heterocycles. The number of hydrogen-bond donors (Lipinski definition) is 1. The van der Waals surface area contributed by atoms with Gasteiger partial charge >= 0.3 is 0 Å². The molecule has 1 heterocycles. The van der Waals surface area contributed by atoms with Crippen LogP contribution in [0.4, 0.5) is 0 Å². The van der Waals surface area contributed by atoms with Crippen molar-refractivity contribution in [1.29, 1.82) is 0 Å². The van der Waals surface area contributed by atoms with Gasteiger partial charge in [-0.05, 0) is 77.1 Å². The molecule has 0 fully saturated rings. The molecular weight excluding hydrogens is 564 g/mol. The van der Waals surface area contributed by atoms with Crippen LogP contribution in [0, 0.1) is 0 Å². The number of fused-ring (bicyclic) bond motifs is 1. The summed E-state index contributed by atoms with van der Waals surface area (Å²) in [5.41, 5.74) is 5.24. The van der Waals surface area contributed by atoms with Crippen LogP contribution in [0.15, 0.2) is 84.9 Å². The van der Waals surface area contributed by atoms with Crippen LogP contribution in [0.5, 0.6) is 23.0 Å². The van der Waals surface area contributed by atoms with Gasteiger partial charge in [0.1, 0.15) is 6.04 Å². The largest absolute Gasteiger partial charge is 0.493 e. The first kappa shape index (κ1) is 30.3. The van der Waals surface area contributed by atoms with E-state index in [9.17, 15) is 4.79 Å². The highest BCUT2D eigenvalue weighted by atomic mass is 35.5. The van der Waals surface area contributed by atoms with Crippen LogP contribution in [0.2, 0.25) is 5.02 Å². The highest BCUT2D eigenvalue weighted by Crippen LogP contribution is 2.43. The molecule has 5 rings (SSSR count). The number of rotatable bonds is 11. The fraction of sp³-hybridized carbons (Fsp3) is 0.286. The Balaban J connectivity index is 1.57. The molecule has 1 aliphatic rings. The van der Waals surface area contributed by atoms with Crippen molar-refractivity contribution in [2.45, 2.75) is 31.5 Å². The minimum Gasteiger partial charge on any atom is -0.493 e. The second-order valence-corrected chi connectivity index (χ2v) is 10.9. The van der Waals surface area contributed by atoms with Gasteiger partial charge in [-0.3, -0.25) is 9.69 Å². The number of carbonyl (C=O) groups excluding carboxylic acids is 1. The number of methoxy groups -OCH3 is 4. The minimum absolute atomic E-state index is 0.0672. The van der Waals surface area contributed by atoms with E-state index in [0.717, 1.165) is 28.7 Å². The molecule has 224 valence electrons. The first-order chi connectivity index (χ1) is 20.9. The van der Waals surface area contributed by atoms with Crippen molar-refractivity contribution < 1.29 is 23.7 Å². The van der Waals surface area contributed by atoms with Crippen LogP contribution < -0.4 is 24.3 Å². The van der Waals surface area contributed by atoms with Crippen molar-refractivity contribution in [3.8, 4) is 23.0 Å². The van der Waals surface area contributed by atoms with Gasteiger partial charge in [-0.15, -0.1) is 0 Å². The molecule has 1 amide bonds. The smallest absolute Gasteiger partial charge is 0.242 e. The van der Waals surface area contributed by atoms with Crippen LogP contribution >= 0.6 is 11.6 Å². The molecule has 4 aromatic carbocycles. The van der Waals surface area contributed by atoms with Gasteiger partial charge in [-0.1, -0.05) is 60.1 Å². The van der Waals surface area contributed by atoms with Gasteiger partial charge in [0.15, 0.2) is 23.0 Å². The quantitative estimate of drug-likeness (QED) is 0.210. The standard InChI is InChI=1S/C35H37ClN2O5/c1-40-30-15-12-24(19-31(30)41-2)18-29-28-21-33(43-4)32(42-3)20-26(28)16-17-38(29)34(25-8-6-5-7-9-25)35(39)37-22-23-10-13-27(36)14-11-23/h5-15,19-21,29,34H,16-18,22H2,1-4H3,(H,37,39)/t29-,34+/m0/s1. The van der Waals surface area contributed by atoms with E-state index >= 15 is 0 Å². The molecule has 0 spiro atoms. The summed E-state index contributed by atoms with van der Waals surface area (Å²) >= 11 is 6.08. The highest BCUT2D eigenvalue weighted by Gasteiger charge is 2.37. The maximum atomic E-state index is 14.1. The van der Waals surface area contributed by atoms with Gasteiger partial charge in [0.2, 0.25) is 5.91 Å². The van der Waals surface area contributed by atoms with Crippen molar-refractivity contribution in [1.82, 2.24) is 10.2 Å². The Labute approximate surface area is 258 Å². The van der Waals surface area contributed by atoms with Gasteiger partial charge < -0.3 is 24.3 Å². The number of benzene rings is 4. The van der Waals surface area contributed by atoms with Gasteiger partial charge in [0.25, 0.3) is 0 Å². The molecule has 2 atom stereocenters. The van der Waals surface area contributed by atoms with E-state index in [4.69, 9.17) is 30.5 Å². The fourth-order valence-electron chi connectivity index (χ4n) is 5.83. The number of halogens is 1. The minimum atomic E-state index is -0.528. The number of nitrogens with zero attached hydrogens (tertiary/aromatic N) is 1. The van der Waals surface area contributed by atoms with E-state index in [-0.39, 0.29) is 11.9 Å². The summed E-state index contributed by atoms with van der Waals surface area (Å²) in [7, 11) is 6.56. The predicted octanol–water partition coefficient (Wildman–Crippen LogP) is 6.57. The van der Waals surface area contributed by atoms with Crippen LogP contribution in [0.3, 0.4) is 0 Å². The van der Waals surface area contributed by atoms with Crippen LogP contribution in [-0.4, -0.2) is 45.8 Å². The number of amides is 1. The van der Waals surface area contributed by atoms with Gasteiger partial charge in [0.05, 0.1) is 28.4 Å². The molecule has 0 bridgehead atoms. The maximum absolute atomic E-state index is 14.1. The van der Waals surface area contributed by atoms with Crippen LogP contribution in [0.1, 0.15) is 39.9 Å². The molecular formula is C35H37ClN2O5. The molecule has 0 aliphatic carbocycles. The van der Waals surface area contributed by atoms with Gasteiger partial charge in [0, 0.05) is 24.2 Å². The van der Waals surface area contributed by atoms with Crippen molar-refractivity contribution in [2.24, 2.45) is 0 Å². The molecule has 0 saturated heterocycles. The summed E-state index contributed by atoms with van der Waals surface area (Å²) in [6.45, 7) is 1.07. The van der Waals surface area contributed by atoms with E-state index < -0.39 is 6.04 Å². The number of ether oxygens (including phenoxy) is 4. The molecule has 0 saturated carbocycles. The molecule has 8 heteroatoms. The average molecular weight is 601 g/mol. The van der Waals surface area contributed by atoms with Crippen LogP contribution in [0.25, 0.3) is 0 Å². The monoisotopic (exact) mass is 600 g/mol. The molecule has 4 aromatic rings. The Kier molecular flexibility index (Phi) is 9.75. The lowest BCUT2D eigenvalue weighted by molar-refractivity contribution is -0.128. The molecule has 0 unspecified atom stereocenters. The molecule has 0 radical (unpaired) electrons. The zero-order valence-corrected chi connectivity index (χ0v) is 25.7. The lowest BCUT2D eigenvalue weighted by Gasteiger charge is -2.42. The Hall–Kier alpha value is -4.20. The van der Waals surface area contributed by atoms with Crippen LogP contribution in [-0.2, 0) is 24.2 Å². The highest BCUT2D eigenvalue weighted by molar-refractivity contribution is 6.30. The molecule has 7 nitrogen and oxygen atoms in total. The van der Waals surface area contributed by atoms with Crippen molar-refractivity contribution >= 4 is 17.5 Å². The zero-order valence-electron chi connectivity index (χ0n) is 24.9. The summed E-state index contributed by atoms with van der Waals surface area (Å²) in [6.07, 6.45) is 1.39. The lowest BCUT2D eigenvalue weighted by Crippen LogP contribution is -2.45. The van der Waals surface area contributed by atoms with Crippen molar-refractivity contribution in [3.05, 3.63) is 118 Å². The number of nitrogens with one attached hydrogen (secondary N) is 1. The maximum Gasteiger partial charge on any atom is 0.242 e. The fourth-order valence-corrected chi connectivity index (χ4v) is 5.96. The average Bonchev–Trinajstić information content (AvgIpc) is 3.05. The second-order valence-electron chi connectivity index (χ2n) is 10.5. The van der Waals surface area contributed by atoms with E-state index in [2.05, 4.69) is 22.3 Å². The normalized spacial score (nSPS) is 15.2. The Morgan fingerprint density at radius 2 is 1.44 bits per heavy atom. The van der Waals surface area contributed by atoms with Gasteiger partial charge in [-0.25, -0.2) is 0 Å². The third-order valence-electron chi connectivity index (χ3n) is 8.00.